The van der Waals surface area contributed by atoms with Crippen molar-refractivity contribution < 1.29 is 4.79 Å². The maximum atomic E-state index is 12.7. The van der Waals surface area contributed by atoms with E-state index in [1.807, 2.05) is 4.90 Å². The van der Waals surface area contributed by atoms with Gasteiger partial charge in [0.1, 0.15) is 0 Å². The van der Waals surface area contributed by atoms with E-state index in [-0.39, 0.29) is 11.9 Å². The number of fused-ring (bicyclic) bond motifs is 1. The molecule has 1 fully saturated rings. The molecule has 110 valence electrons. The van der Waals surface area contributed by atoms with Gasteiger partial charge in [0.25, 0.3) is 0 Å². The largest absolute Gasteiger partial charge is 0.347 e. The number of H-pyrrole nitrogens is 1. The Morgan fingerprint density at radius 1 is 1.40 bits per heavy atom. The van der Waals surface area contributed by atoms with Crippen molar-refractivity contribution in [1.29, 1.82) is 0 Å². The highest BCUT2D eigenvalue weighted by Crippen LogP contribution is 2.30. The summed E-state index contributed by atoms with van der Waals surface area (Å²) in [4.78, 5) is 22.1. The highest BCUT2D eigenvalue weighted by molar-refractivity contribution is 5.82. The molecule has 1 aromatic rings. The van der Waals surface area contributed by atoms with Crippen LogP contribution in [0.15, 0.2) is 6.33 Å². The van der Waals surface area contributed by atoms with Gasteiger partial charge in [-0.1, -0.05) is 13.8 Å². The third kappa shape index (κ3) is 2.73. The van der Waals surface area contributed by atoms with Gasteiger partial charge in [0.05, 0.1) is 23.8 Å². The summed E-state index contributed by atoms with van der Waals surface area (Å²) < 4.78 is 0. The lowest BCUT2D eigenvalue weighted by atomic mass is 9.85. The van der Waals surface area contributed by atoms with Gasteiger partial charge in [-0.3, -0.25) is 10.1 Å². The Hall–Kier alpha value is -1.36. The predicted octanol–water partition coefficient (Wildman–Crippen LogP) is 1.46. The van der Waals surface area contributed by atoms with Crippen LogP contribution >= 0.6 is 0 Å². The number of rotatable bonds is 1. The molecule has 5 nitrogen and oxygen atoms in total. The van der Waals surface area contributed by atoms with Crippen molar-refractivity contribution in [1.82, 2.24) is 20.2 Å². The first-order valence-electron chi connectivity index (χ1n) is 7.58. The van der Waals surface area contributed by atoms with Gasteiger partial charge in [-0.05, 0) is 24.7 Å². The fourth-order valence-electron chi connectivity index (χ4n) is 3.21. The molecule has 1 saturated heterocycles. The first kappa shape index (κ1) is 13.6. The Morgan fingerprint density at radius 2 is 2.25 bits per heavy atom. The van der Waals surface area contributed by atoms with Crippen LogP contribution in [0.25, 0.3) is 0 Å². The van der Waals surface area contributed by atoms with Crippen molar-refractivity contribution in [2.45, 2.75) is 52.1 Å². The molecule has 1 unspecified atom stereocenters. The number of hydrogen-bond donors (Lipinski definition) is 2. The van der Waals surface area contributed by atoms with E-state index >= 15 is 0 Å². The molecule has 1 aromatic heterocycles. The smallest absolute Gasteiger partial charge is 0.240 e. The van der Waals surface area contributed by atoms with E-state index in [9.17, 15) is 4.79 Å². The molecule has 5 heteroatoms. The van der Waals surface area contributed by atoms with Crippen molar-refractivity contribution in [2.24, 2.45) is 5.41 Å². The first-order valence-corrected chi connectivity index (χ1v) is 7.58. The zero-order chi connectivity index (χ0) is 14.2. The molecule has 0 saturated carbocycles. The fourth-order valence-corrected chi connectivity index (χ4v) is 3.21. The molecule has 2 aliphatic heterocycles. The van der Waals surface area contributed by atoms with E-state index in [4.69, 9.17) is 0 Å². The molecule has 3 heterocycles. The van der Waals surface area contributed by atoms with Gasteiger partial charge in [0.15, 0.2) is 0 Å². The van der Waals surface area contributed by atoms with Crippen LogP contribution in [0.5, 0.6) is 0 Å². The van der Waals surface area contributed by atoms with Gasteiger partial charge in [-0.15, -0.1) is 0 Å². The van der Waals surface area contributed by atoms with E-state index in [2.05, 4.69) is 29.1 Å². The standard InChI is InChI=1S/C15H24N4O/c1-15(2)4-3-6-19(7-5-15)14(20)12-8-11-13(9-16-12)18-10-17-11/h10,12,16H,3-9H2,1-2H3,(H,17,18). The van der Waals surface area contributed by atoms with Crippen LogP contribution < -0.4 is 5.32 Å². The number of carbonyl (C=O) groups excluding carboxylic acids is 1. The molecule has 3 rings (SSSR count). The van der Waals surface area contributed by atoms with Crippen LogP contribution in [-0.2, 0) is 17.8 Å². The second kappa shape index (κ2) is 5.20. The molecule has 0 aromatic carbocycles. The van der Waals surface area contributed by atoms with Gasteiger partial charge in [-0.2, -0.15) is 0 Å². The summed E-state index contributed by atoms with van der Waals surface area (Å²) in [6.07, 6.45) is 5.84. The molecular formula is C15H24N4O. The van der Waals surface area contributed by atoms with Crippen molar-refractivity contribution in [3.63, 3.8) is 0 Å². The lowest BCUT2D eigenvalue weighted by Crippen LogP contribution is -2.49. The Balaban J connectivity index is 1.65. The first-order chi connectivity index (χ1) is 9.55. The highest BCUT2D eigenvalue weighted by atomic mass is 16.2. The van der Waals surface area contributed by atoms with Gasteiger partial charge in [0, 0.05) is 26.1 Å². The Bertz CT molecular complexity index is 494. The van der Waals surface area contributed by atoms with Gasteiger partial charge in [0.2, 0.25) is 5.91 Å². The van der Waals surface area contributed by atoms with E-state index in [1.54, 1.807) is 6.33 Å². The molecule has 2 aliphatic rings. The SMILES string of the molecule is CC1(C)CCCN(C(=O)C2Cc3nc[nH]c3CN2)CC1. The lowest BCUT2D eigenvalue weighted by Gasteiger charge is -2.29. The third-order valence-corrected chi connectivity index (χ3v) is 4.68. The molecule has 1 amide bonds. The third-order valence-electron chi connectivity index (χ3n) is 4.68. The van der Waals surface area contributed by atoms with E-state index < -0.39 is 0 Å². The zero-order valence-corrected chi connectivity index (χ0v) is 12.4. The maximum Gasteiger partial charge on any atom is 0.240 e. The summed E-state index contributed by atoms with van der Waals surface area (Å²) in [5, 5.41) is 3.34. The van der Waals surface area contributed by atoms with Crippen LogP contribution in [0.4, 0.5) is 0 Å². The predicted molar refractivity (Wildman–Crippen MR) is 77.1 cm³/mol. The van der Waals surface area contributed by atoms with Crippen LogP contribution in [0.3, 0.4) is 0 Å². The number of carbonyl (C=O) groups is 1. The molecule has 1 atom stereocenters. The summed E-state index contributed by atoms with van der Waals surface area (Å²) in [7, 11) is 0. The fraction of sp³-hybridized carbons (Fsp3) is 0.733. The highest BCUT2D eigenvalue weighted by Gasteiger charge is 2.31. The summed E-state index contributed by atoms with van der Waals surface area (Å²) >= 11 is 0. The van der Waals surface area contributed by atoms with Crippen molar-refractivity contribution in [3.05, 3.63) is 17.7 Å². The molecule has 0 radical (unpaired) electrons. The Morgan fingerprint density at radius 3 is 3.10 bits per heavy atom. The van der Waals surface area contributed by atoms with Crippen LogP contribution in [0.1, 0.15) is 44.5 Å². The maximum absolute atomic E-state index is 12.7. The molecule has 0 spiro atoms. The summed E-state index contributed by atoms with van der Waals surface area (Å²) in [5.74, 6) is 0.247. The second-order valence-corrected chi connectivity index (χ2v) is 6.81. The van der Waals surface area contributed by atoms with Crippen LogP contribution in [0.2, 0.25) is 0 Å². The normalized spacial score (nSPS) is 25.9. The van der Waals surface area contributed by atoms with Crippen molar-refractivity contribution in [2.75, 3.05) is 13.1 Å². The zero-order valence-electron chi connectivity index (χ0n) is 12.4. The van der Waals surface area contributed by atoms with Crippen LogP contribution in [0, 0.1) is 5.41 Å². The minimum atomic E-state index is -0.105. The van der Waals surface area contributed by atoms with E-state index in [0.717, 1.165) is 37.3 Å². The minimum Gasteiger partial charge on any atom is -0.347 e. The average Bonchev–Trinajstić information content (AvgIpc) is 2.81. The van der Waals surface area contributed by atoms with Crippen LogP contribution in [-0.4, -0.2) is 39.9 Å². The molecule has 0 bridgehead atoms. The van der Waals surface area contributed by atoms with E-state index in [0.29, 0.717) is 18.4 Å². The number of aromatic amines is 1. The number of hydrogen-bond acceptors (Lipinski definition) is 3. The molecule has 20 heavy (non-hydrogen) atoms. The van der Waals surface area contributed by atoms with Crippen molar-refractivity contribution >= 4 is 5.91 Å². The Labute approximate surface area is 120 Å². The number of likely N-dealkylation sites (tertiary alicyclic amines) is 1. The second-order valence-electron chi connectivity index (χ2n) is 6.81. The number of imidazole rings is 1. The van der Waals surface area contributed by atoms with Gasteiger partial charge < -0.3 is 9.88 Å². The van der Waals surface area contributed by atoms with Crippen molar-refractivity contribution in [3.8, 4) is 0 Å². The molecular weight excluding hydrogens is 252 g/mol. The Kier molecular flexibility index (Phi) is 3.54. The lowest BCUT2D eigenvalue weighted by molar-refractivity contribution is -0.133. The summed E-state index contributed by atoms with van der Waals surface area (Å²) in [6, 6.07) is -0.105. The minimum absolute atomic E-state index is 0.105. The van der Waals surface area contributed by atoms with Gasteiger partial charge in [-0.25, -0.2) is 4.98 Å². The number of aromatic nitrogens is 2. The summed E-state index contributed by atoms with van der Waals surface area (Å²) in [6.45, 7) is 7.10. The summed E-state index contributed by atoms with van der Waals surface area (Å²) in [5.41, 5.74) is 2.52. The number of nitrogens with one attached hydrogen (secondary N) is 2. The number of nitrogens with zero attached hydrogens (tertiary/aromatic N) is 2. The molecule has 0 aliphatic carbocycles. The average molecular weight is 276 g/mol. The van der Waals surface area contributed by atoms with Gasteiger partial charge >= 0.3 is 0 Å². The monoisotopic (exact) mass is 276 g/mol. The number of amides is 1. The van der Waals surface area contributed by atoms with E-state index in [1.165, 1.54) is 6.42 Å². The topological polar surface area (TPSA) is 61.0 Å². The quantitative estimate of drug-likeness (QED) is 0.816. The molecule has 2 N–H and O–H groups in total.